The molecular weight excluding hydrogens is 280 g/mol. The molecular formula is C18H24O4. The SMILES string of the molecule is CCCCCCCCc1cccc(/C(=C/C(=O)O)C(=O)O)c1. The van der Waals surface area contributed by atoms with Crippen LogP contribution in [-0.2, 0) is 16.0 Å². The van der Waals surface area contributed by atoms with Gasteiger partial charge >= 0.3 is 11.9 Å². The average molecular weight is 304 g/mol. The molecule has 120 valence electrons. The fraction of sp³-hybridized carbons (Fsp3) is 0.444. The van der Waals surface area contributed by atoms with Crippen molar-refractivity contribution in [2.75, 3.05) is 0 Å². The van der Waals surface area contributed by atoms with Crippen molar-refractivity contribution in [3.63, 3.8) is 0 Å². The number of benzene rings is 1. The summed E-state index contributed by atoms with van der Waals surface area (Å²) in [5, 5.41) is 17.9. The van der Waals surface area contributed by atoms with Crippen molar-refractivity contribution in [2.45, 2.75) is 51.9 Å². The van der Waals surface area contributed by atoms with Crippen molar-refractivity contribution in [2.24, 2.45) is 0 Å². The summed E-state index contributed by atoms with van der Waals surface area (Å²) in [5.41, 5.74) is 1.31. The highest BCUT2D eigenvalue weighted by atomic mass is 16.4. The summed E-state index contributed by atoms with van der Waals surface area (Å²) < 4.78 is 0. The van der Waals surface area contributed by atoms with Gasteiger partial charge in [0.2, 0.25) is 0 Å². The van der Waals surface area contributed by atoms with Crippen LogP contribution in [0.3, 0.4) is 0 Å². The molecule has 4 nitrogen and oxygen atoms in total. The molecule has 0 bridgehead atoms. The number of hydrogen-bond acceptors (Lipinski definition) is 2. The molecule has 0 aliphatic heterocycles. The molecule has 0 atom stereocenters. The first-order chi connectivity index (χ1) is 10.5. The van der Waals surface area contributed by atoms with Crippen LogP contribution in [0.15, 0.2) is 30.3 Å². The van der Waals surface area contributed by atoms with Gasteiger partial charge in [0, 0.05) is 6.08 Å². The van der Waals surface area contributed by atoms with Gasteiger partial charge in [0.25, 0.3) is 0 Å². The minimum Gasteiger partial charge on any atom is -0.478 e. The van der Waals surface area contributed by atoms with Crippen molar-refractivity contribution in [3.8, 4) is 0 Å². The zero-order valence-corrected chi connectivity index (χ0v) is 13.0. The number of aryl methyl sites for hydroxylation is 1. The van der Waals surface area contributed by atoms with Gasteiger partial charge in [0.05, 0.1) is 5.57 Å². The van der Waals surface area contributed by atoms with E-state index in [4.69, 9.17) is 10.2 Å². The molecule has 1 aromatic carbocycles. The van der Waals surface area contributed by atoms with E-state index in [1.54, 1.807) is 18.2 Å². The summed E-state index contributed by atoms with van der Waals surface area (Å²) in [6, 6.07) is 7.14. The summed E-state index contributed by atoms with van der Waals surface area (Å²) in [6.07, 6.45) is 8.87. The quantitative estimate of drug-likeness (QED) is 0.503. The van der Waals surface area contributed by atoms with Crippen LogP contribution in [0.5, 0.6) is 0 Å². The van der Waals surface area contributed by atoms with Crippen molar-refractivity contribution in [3.05, 3.63) is 41.5 Å². The maximum Gasteiger partial charge on any atom is 0.336 e. The van der Waals surface area contributed by atoms with Crippen LogP contribution in [-0.4, -0.2) is 22.2 Å². The molecule has 0 aromatic heterocycles. The second-order valence-electron chi connectivity index (χ2n) is 5.42. The molecule has 2 N–H and O–H groups in total. The monoisotopic (exact) mass is 304 g/mol. The third-order valence-corrected chi connectivity index (χ3v) is 3.56. The van der Waals surface area contributed by atoms with Crippen LogP contribution in [0.25, 0.3) is 5.57 Å². The number of hydrogen-bond donors (Lipinski definition) is 2. The molecule has 0 unspecified atom stereocenters. The van der Waals surface area contributed by atoms with Gasteiger partial charge in [-0.2, -0.15) is 0 Å². The first-order valence-electron chi connectivity index (χ1n) is 7.81. The van der Waals surface area contributed by atoms with Crippen LogP contribution < -0.4 is 0 Å². The molecule has 4 heteroatoms. The van der Waals surface area contributed by atoms with E-state index in [2.05, 4.69) is 6.92 Å². The van der Waals surface area contributed by atoms with Gasteiger partial charge < -0.3 is 10.2 Å². The second-order valence-corrected chi connectivity index (χ2v) is 5.42. The molecule has 0 heterocycles. The lowest BCUT2D eigenvalue weighted by atomic mass is 9.99. The third-order valence-electron chi connectivity index (χ3n) is 3.56. The Morgan fingerprint density at radius 1 is 1.05 bits per heavy atom. The van der Waals surface area contributed by atoms with E-state index in [0.29, 0.717) is 5.56 Å². The Kier molecular flexibility index (Phi) is 7.97. The molecule has 0 radical (unpaired) electrons. The molecule has 0 amide bonds. The first-order valence-corrected chi connectivity index (χ1v) is 7.81. The first kappa shape index (κ1) is 18.0. The van der Waals surface area contributed by atoms with E-state index in [1.165, 1.54) is 32.1 Å². The van der Waals surface area contributed by atoms with Crippen molar-refractivity contribution in [1.82, 2.24) is 0 Å². The molecule has 1 rings (SSSR count). The van der Waals surface area contributed by atoms with E-state index in [0.717, 1.165) is 24.5 Å². The molecule has 0 aliphatic rings. The Hall–Kier alpha value is -2.10. The normalized spacial score (nSPS) is 11.4. The van der Waals surface area contributed by atoms with E-state index in [-0.39, 0.29) is 5.57 Å². The zero-order chi connectivity index (χ0) is 16.4. The summed E-state index contributed by atoms with van der Waals surface area (Å²) in [4.78, 5) is 21.9. The minimum absolute atomic E-state index is 0.183. The molecule has 0 fully saturated rings. The molecule has 22 heavy (non-hydrogen) atoms. The Balaban J connectivity index is 2.65. The number of aliphatic carboxylic acids is 2. The smallest absolute Gasteiger partial charge is 0.336 e. The van der Waals surface area contributed by atoms with Gasteiger partial charge in [0.1, 0.15) is 0 Å². The number of carboxylic acids is 2. The maximum absolute atomic E-state index is 11.2. The number of unbranched alkanes of at least 4 members (excludes halogenated alkanes) is 5. The van der Waals surface area contributed by atoms with Gasteiger partial charge in [-0.25, -0.2) is 9.59 Å². The van der Waals surface area contributed by atoms with E-state index < -0.39 is 11.9 Å². The largest absolute Gasteiger partial charge is 0.478 e. The lowest BCUT2D eigenvalue weighted by molar-refractivity contribution is -0.133. The van der Waals surface area contributed by atoms with Crippen LogP contribution in [0.2, 0.25) is 0 Å². The van der Waals surface area contributed by atoms with Crippen molar-refractivity contribution in [1.29, 1.82) is 0 Å². The second kappa shape index (κ2) is 9.77. The Labute approximate surface area is 131 Å². The summed E-state index contributed by atoms with van der Waals surface area (Å²) in [7, 11) is 0. The molecule has 1 aromatic rings. The summed E-state index contributed by atoms with van der Waals surface area (Å²) in [6.45, 7) is 2.19. The van der Waals surface area contributed by atoms with Gasteiger partial charge in [0.15, 0.2) is 0 Å². The summed E-state index contributed by atoms with van der Waals surface area (Å²) in [5.74, 6) is -2.47. The highest BCUT2D eigenvalue weighted by molar-refractivity contribution is 6.19. The predicted octanol–water partition coefficient (Wildman–Crippen LogP) is 4.14. The zero-order valence-electron chi connectivity index (χ0n) is 13.0. The van der Waals surface area contributed by atoms with Gasteiger partial charge in [-0.15, -0.1) is 0 Å². The van der Waals surface area contributed by atoms with E-state index in [9.17, 15) is 9.59 Å². The molecule has 0 saturated carbocycles. The van der Waals surface area contributed by atoms with Crippen LogP contribution in [0.1, 0.15) is 56.6 Å². The standard InChI is InChI=1S/C18H24O4/c1-2-3-4-5-6-7-9-14-10-8-11-15(12-14)16(18(21)22)13-17(19)20/h8,10-13H,2-7,9H2,1H3,(H,19,20)(H,21,22)/b16-13-. The van der Waals surface area contributed by atoms with Crippen molar-refractivity contribution < 1.29 is 19.8 Å². The fourth-order valence-electron chi connectivity index (χ4n) is 2.40. The number of carboxylic acid groups (broad SMARTS) is 2. The molecule has 0 aliphatic carbocycles. The van der Waals surface area contributed by atoms with Crippen molar-refractivity contribution >= 4 is 17.5 Å². The fourth-order valence-corrected chi connectivity index (χ4v) is 2.40. The Bertz CT molecular complexity index is 532. The van der Waals surface area contributed by atoms with Crippen LogP contribution in [0.4, 0.5) is 0 Å². The minimum atomic E-state index is -1.25. The predicted molar refractivity (Wildman–Crippen MR) is 86.8 cm³/mol. The highest BCUT2D eigenvalue weighted by Crippen LogP contribution is 2.18. The average Bonchev–Trinajstić information content (AvgIpc) is 2.48. The number of carbonyl (C=O) groups is 2. The maximum atomic E-state index is 11.2. The lowest BCUT2D eigenvalue weighted by Crippen LogP contribution is -2.03. The van der Waals surface area contributed by atoms with Gasteiger partial charge in [-0.3, -0.25) is 0 Å². The molecule has 0 saturated heterocycles. The Morgan fingerprint density at radius 2 is 1.73 bits per heavy atom. The lowest BCUT2D eigenvalue weighted by Gasteiger charge is -2.06. The van der Waals surface area contributed by atoms with E-state index >= 15 is 0 Å². The third kappa shape index (κ3) is 6.57. The molecule has 0 spiro atoms. The van der Waals surface area contributed by atoms with E-state index in [1.807, 2.05) is 6.07 Å². The number of rotatable bonds is 10. The summed E-state index contributed by atoms with van der Waals surface area (Å²) >= 11 is 0. The topological polar surface area (TPSA) is 74.6 Å². The van der Waals surface area contributed by atoms with Crippen LogP contribution >= 0.6 is 0 Å². The van der Waals surface area contributed by atoms with Crippen LogP contribution in [0, 0.1) is 0 Å². The van der Waals surface area contributed by atoms with Gasteiger partial charge in [-0.05, 0) is 24.0 Å². The Morgan fingerprint density at radius 3 is 2.36 bits per heavy atom. The highest BCUT2D eigenvalue weighted by Gasteiger charge is 2.12. The van der Waals surface area contributed by atoms with Gasteiger partial charge in [-0.1, -0.05) is 63.3 Å².